The van der Waals surface area contributed by atoms with Gasteiger partial charge >= 0.3 is 0 Å². The van der Waals surface area contributed by atoms with E-state index < -0.39 is 0 Å². The Bertz CT molecular complexity index is 344. The van der Waals surface area contributed by atoms with Gasteiger partial charge in [-0.25, -0.2) is 0 Å². The molecule has 2 nitrogen and oxygen atoms in total. The normalized spacial score (nSPS) is 17.7. The summed E-state index contributed by atoms with van der Waals surface area (Å²) in [4.78, 5) is 13.4. The van der Waals surface area contributed by atoms with Crippen molar-refractivity contribution in [3.63, 3.8) is 0 Å². The molecular formula is C10H13NOS3. The van der Waals surface area contributed by atoms with Crippen molar-refractivity contribution in [2.45, 2.75) is 23.8 Å². The van der Waals surface area contributed by atoms with Gasteiger partial charge in [0.05, 0.1) is 4.88 Å². The van der Waals surface area contributed by atoms with Crippen LogP contribution in [0.15, 0.2) is 16.3 Å². The van der Waals surface area contributed by atoms with Crippen LogP contribution in [0.3, 0.4) is 0 Å². The first-order valence-corrected chi connectivity index (χ1v) is 7.40. The molecule has 1 aromatic rings. The molecule has 0 saturated carbocycles. The average Bonchev–Trinajstić information content (AvgIpc) is 2.66. The first-order chi connectivity index (χ1) is 7.25. The Morgan fingerprint density at radius 2 is 2.20 bits per heavy atom. The lowest BCUT2D eigenvalue weighted by atomic mass is 10.1. The van der Waals surface area contributed by atoms with E-state index >= 15 is 0 Å². The fourth-order valence-corrected chi connectivity index (χ4v) is 3.70. The second-order valence-corrected chi connectivity index (χ2v) is 6.18. The van der Waals surface area contributed by atoms with Crippen LogP contribution in [0.25, 0.3) is 0 Å². The van der Waals surface area contributed by atoms with Crippen molar-refractivity contribution < 1.29 is 4.79 Å². The van der Waals surface area contributed by atoms with E-state index in [1.807, 2.05) is 23.2 Å². The SMILES string of the molecule is O=C(NC1CCSCC1)c1cc(S)cs1. The number of thiol groups is 1. The third kappa shape index (κ3) is 3.16. The summed E-state index contributed by atoms with van der Waals surface area (Å²) in [6.07, 6.45) is 2.19. The molecule has 1 fully saturated rings. The van der Waals surface area contributed by atoms with Gasteiger partial charge in [-0.2, -0.15) is 11.8 Å². The number of amides is 1. The molecule has 2 rings (SSSR count). The Morgan fingerprint density at radius 1 is 1.47 bits per heavy atom. The molecule has 5 heteroatoms. The van der Waals surface area contributed by atoms with Crippen LogP contribution in [-0.2, 0) is 0 Å². The minimum atomic E-state index is 0.0530. The third-order valence-electron chi connectivity index (χ3n) is 2.37. The fourth-order valence-electron chi connectivity index (χ4n) is 1.54. The zero-order valence-electron chi connectivity index (χ0n) is 8.23. The minimum absolute atomic E-state index is 0.0530. The van der Waals surface area contributed by atoms with Crippen molar-refractivity contribution >= 4 is 41.6 Å². The van der Waals surface area contributed by atoms with E-state index in [2.05, 4.69) is 17.9 Å². The van der Waals surface area contributed by atoms with Gasteiger partial charge in [0.2, 0.25) is 0 Å². The third-order valence-corrected chi connectivity index (χ3v) is 4.78. The zero-order chi connectivity index (χ0) is 10.7. The molecule has 2 heterocycles. The highest BCUT2D eigenvalue weighted by Crippen LogP contribution is 2.20. The lowest BCUT2D eigenvalue weighted by molar-refractivity contribution is 0.0939. The zero-order valence-corrected chi connectivity index (χ0v) is 10.8. The molecule has 0 spiro atoms. The first kappa shape index (κ1) is 11.4. The summed E-state index contributed by atoms with van der Waals surface area (Å²) in [7, 11) is 0. The second-order valence-electron chi connectivity index (χ2n) is 3.53. The van der Waals surface area contributed by atoms with Crippen LogP contribution >= 0.6 is 35.7 Å². The molecule has 0 aliphatic carbocycles. The maximum atomic E-state index is 11.8. The Hall–Kier alpha value is -0.130. The number of carbonyl (C=O) groups excluding carboxylic acids is 1. The molecule has 15 heavy (non-hydrogen) atoms. The summed E-state index contributed by atoms with van der Waals surface area (Å²) >= 11 is 7.61. The fraction of sp³-hybridized carbons (Fsp3) is 0.500. The number of thiophene rings is 1. The molecule has 1 aliphatic heterocycles. The van der Waals surface area contributed by atoms with E-state index in [0.29, 0.717) is 6.04 Å². The van der Waals surface area contributed by atoms with Crippen molar-refractivity contribution in [1.29, 1.82) is 0 Å². The molecule has 82 valence electrons. The molecule has 0 bridgehead atoms. The predicted octanol–water partition coefficient (Wildman–Crippen LogP) is 2.66. The summed E-state index contributed by atoms with van der Waals surface area (Å²) in [5.41, 5.74) is 0. The maximum Gasteiger partial charge on any atom is 0.261 e. The smallest absolute Gasteiger partial charge is 0.261 e. The highest BCUT2D eigenvalue weighted by atomic mass is 32.2. The van der Waals surface area contributed by atoms with Crippen LogP contribution in [0.5, 0.6) is 0 Å². The predicted molar refractivity (Wildman–Crippen MR) is 69.4 cm³/mol. The van der Waals surface area contributed by atoms with Gasteiger partial charge in [0.15, 0.2) is 0 Å². The summed E-state index contributed by atoms with van der Waals surface area (Å²) in [5.74, 6) is 2.37. The van der Waals surface area contributed by atoms with E-state index in [-0.39, 0.29) is 5.91 Å². The topological polar surface area (TPSA) is 29.1 Å². The summed E-state index contributed by atoms with van der Waals surface area (Å²) in [6.45, 7) is 0. The highest BCUT2D eigenvalue weighted by Gasteiger charge is 2.17. The standard InChI is InChI=1S/C10H13NOS3/c12-10(9-5-8(13)6-15-9)11-7-1-3-14-4-2-7/h5-7,13H,1-4H2,(H,11,12). The Balaban J connectivity index is 1.91. The van der Waals surface area contributed by atoms with Crippen LogP contribution in [0, 0.1) is 0 Å². The minimum Gasteiger partial charge on any atom is -0.349 e. The Labute approximate surface area is 103 Å². The molecule has 0 unspecified atom stereocenters. The van der Waals surface area contributed by atoms with E-state index in [9.17, 15) is 4.79 Å². The Kier molecular flexibility index (Phi) is 3.99. The van der Waals surface area contributed by atoms with Crippen molar-refractivity contribution in [3.8, 4) is 0 Å². The first-order valence-electron chi connectivity index (χ1n) is 4.92. The summed E-state index contributed by atoms with van der Waals surface area (Å²) < 4.78 is 0. The highest BCUT2D eigenvalue weighted by molar-refractivity contribution is 7.99. The lowest BCUT2D eigenvalue weighted by Gasteiger charge is -2.22. The number of hydrogen-bond donors (Lipinski definition) is 2. The van der Waals surface area contributed by atoms with Crippen molar-refractivity contribution in [3.05, 3.63) is 16.3 Å². The van der Waals surface area contributed by atoms with E-state index in [4.69, 9.17) is 0 Å². The van der Waals surface area contributed by atoms with Crippen molar-refractivity contribution in [2.75, 3.05) is 11.5 Å². The van der Waals surface area contributed by atoms with Crippen molar-refractivity contribution in [1.82, 2.24) is 5.32 Å². The van der Waals surface area contributed by atoms with Crippen LogP contribution in [0.1, 0.15) is 22.5 Å². The van der Waals surface area contributed by atoms with Gasteiger partial charge in [0.1, 0.15) is 0 Å². The number of thioether (sulfide) groups is 1. The quantitative estimate of drug-likeness (QED) is 0.800. The van der Waals surface area contributed by atoms with Gasteiger partial charge < -0.3 is 5.32 Å². The van der Waals surface area contributed by atoms with Crippen LogP contribution in [-0.4, -0.2) is 23.5 Å². The number of carbonyl (C=O) groups is 1. The van der Waals surface area contributed by atoms with Crippen LogP contribution in [0.2, 0.25) is 0 Å². The maximum absolute atomic E-state index is 11.8. The monoisotopic (exact) mass is 259 g/mol. The molecule has 0 aromatic carbocycles. The van der Waals surface area contributed by atoms with E-state index in [1.54, 1.807) is 0 Å². The van der Waals surface area contributed by atoms with Gasteiger partial charge in [-0.1, -0.05) is 0 Å². The van der Waals surface area contributed by atoms with Crippen molar-refractivity contribution in [2.24, 2.45) is 0 Å². The molecule has 1 aromatic heterocycles. The van der Waals surface area contributed by atoms with Gasteiger partial charge in [0.25, 0.3) is 5.91 Å². The molecule has 1 amide bonds. The van der Waals surface area contributed by atoms with Gasteiger partial charge in [-0.3, -0.25) is 4.79 Å². The molecule has 1 saturated heterocycles. The molecule has 1 aliphatic rings. The molecule has 1 N–H and O–H groups in total. The number of nitrogens with one attached hydrogen (secondary N) is 1. The Morgan fingerprint density at radius 3 is 2.80 bits per heavy atom. The van der Waals surface area contributed by atoms with Gasteiger partial charge in [0, 0.05) is 16.3 Å². The molecule has 0 radical (unpaired) electrons. The average molecular weight is 259 g/mol. The van der Waals surface area contributed by atoms with E-state index in [0.717, 1.165) is 34.1 Å². The number of rotatable bonds is 2. The van der Waals surface area contributed by atoms with Crippen LogP contribution in [0.4, 0.5) is 0 Å². The second kappa shape index (κ2) is 5.27. The number of hydrogen-bond acceptors (Lipinski definition) is 4. The van der Waals surface area contributed by atoms with Gasteiger partial charge in [-0.05, 0) is 30.4 Å². The van der Waals surface area contributed by atoms with Gasteiger partial charge in [-0.15, -0.1) is 24.0 Å². The van der Waals surface area contributed by atoms with E-state index in [1.165, 1.54) is 11.3 Å². The lowest BCUT2D eigenvalue weighted by Crippen LogP contribution is -2.36. The molecular weight excluding hydrogens is 246 g/mol. The molecule has 0 atom stereocenters. The van der Waals surface area contributed by atoms with Crippen LogP contribution < -0.4 is 5.32 Å². The summed E-state index contributed by atoms with van der Waals surface area (Å²) in [6, 6.07) is 2.19. The largest absolute Gasteiger partial charge is 0.349 e. The summed E-state index contributed by atoms with van der Waals surface area (Å²) in [5, 5.41) is 4.96.